The van der Waals surface area contributed by atoms with Crippen LogP contribution in [0, 0.1) is 0 Å². The molecule has 0 fully saturated rings. The molecule has 0 spiro atoms. The largest absolute Gasteiger partial charge is 0.497 e. The number of aromatic nitrogens is 2. The van der Waals surface area contributed by atoms with Gasteiger partial charge >= 0.3 is 12.1 Å². The molecule has 38 heavy (non-hydrogen) atoms. The summed E-state index contributed by atoms with van der Waals surface area (Å²) in [6, 6.07) is 7.83. The number of hydrogen-bond acceptors (Lipinski definition) is 6. The molecule has 0 unspecified atom stereocenters. The zero-order valence-electron chi connectivity index (χ0n) is 21.1. The van der Waals surface area contributed by atoms with Crippen LogP contribution < -0.4 is 9.47 Å². The van der Waals surface area contributed by atoms with E-state index >= 15 is 0 Å². The van der Waals surface area contributed by atoms with Crippen LogP contribution in [0.25, 0.3) is 11.1 Å². The third-order valence-electron chi connectivity index (χ3n) is 7.01. The molecule has 3 aromatic rings. The number of carbonyl (C=O) groups excluding carboxylic acids is 2. The van der Waals surface area contributed by atoms with Crippen molar-refractivity contribution in [2.75, 3.05) is 27.4 Å². The van der Waals surface area contributed by atoms with Crippen molar-refractivity contribution in [3.05, 3.63) is 64.5 Å². The molecule has 0 N–H and O–H groups in total. The Balaban J connectivity index is 1.64. The predicted octanol–water partition coefficient (Wildman–Crippen LogP) is 4.91. The van der Waals surface area contributed by atoms with Gasteiger partial charge in [-0.25, -0.2) is 4.79 Å². The van der Waals surface area contributed by atoms with E-state index in [2.05, 4.69) is 5.10 Å². The van der Waals surface area contributed by atoms with Gasteiger partial charge in [-0.2, -0.15) is 18.3 Å². The van der Waals surface area contributed by atoms with E-state index in [0.717, 1.165) is 5.56 Å². The van der Waals surface area contributed by atoms with Gasteiger partial charge in [0.25, 0.3) is 5.91 Å². The van der Waals surface area contributed by atoms with Gasteiger partial charge in [0.15, 0.2) is 5.69 Å². The second kappa shape index (κ2) is 9.70. The van der Waals surface area contributed by atoms with Crippen LogP contribution in [0.1, 0.15) is 56.9 Å². The normalized spacial score (nSPS) is 16.9. The molecule has 0 bridgehead atoms. The first-order valence-electron chi connectivity index (χ1n) is 12.2. The first kappa shape index (κ1) is 25.6. The number of fused-ring (bicyclic) bond motifs is 2. The van der Waals surface area contributed by atoms with E-state index in [-0.39, 0.29) is 47.3 Å². The lowest BCUT2D eigenvalue weighted by Gasteiger charge is -2.39. The molecule has 2 aliphatic heterocycles. The molecule has 0 radical (unpaired) electrons. The molecule has 2 aromatic carbocycles. The van der Waals surface area contributed by atoms with Crippen LogP contribution in [0.2, 0.25) is 0 Å². The van der Waals surface area contributed by atoms with E-state index in [1.807, 2.05) is 6.07 Å². The number of hydrogen-bond donors (Lipinski definition) is 0. The molecule has 0 saturated carbocycles. The Kier molecular flexibility index (Phi) is 6.54. The van der Waals surface area contributed by atoms with Gasteiger partial charge in [0.2, 0.25) is 0 Å². The number of halogens is 3. The van der Waals surface area contributed by atoms with E-state index in [0.29, 0.717) is 36.5 Å². The standard InChI is InChI=1S/C27H26F3N3O5/c1-4-32-14-21(24(31-32)27(28,29)30)18-11-15(26(35)37-3)12-19-17(18)7-9-33(25(19)34)22-8-10-38-23-6-5-16(36-2)13-20(22)23/h5-6,11-14,22H,4,7-10H2,1-3H3/t22-/m0/s1. The smallest absolute Gasteiger partial charge is 0.435 e. The van der Waals surface area contributed by atoms with Crippen molar-refractivity contribution >= 4 is 11.9 Å². The zero-order chi connectivity index (χ0) is 27.2. The third kappa shape index (κ3) is 4.35. The monoisotopic (exact) mass is 529 g/mol. The summed E-state index contributed by atoms with van der Waals surface area (Å²) in [5, 5.41) is 3.72. The molecular formula is C27H26F3N3O5. The number of nitrogens with zero attached hydrogens (tertiary/aromatic N) is 3. The number of alkyl halides is 3. The number of benzene rings is 2. The highest BCUT2D eigenvalue weighted by molar-refractivity contribution is 6.03. The van der Waals surface area contributed by atoms with Crippen LogP contribution in [-0.2, 0) is 23.9 Å². The number of rotatable bonds is 5. The Bertz CT molecular complexity index is 1420. The van der Waals surface area contributed by atoms with Gasteiger partial charge in [-0.15, -0.1) is 0 Å². The molecule has 8 nitrogen and oxygen atoms in total. The zero-order valence-corrected chi connectivity index (χ0v) is 21.1. The van der Waals surface area contributed by atoms with Crippen LogP contribution in [0.3, 0.4) is 0 Å². The lowest BCUT2D eigenvalue weighted by Crippen LogP contribution is -2.42. The number of aryl methyl sites for hydroxylation is 1. The van der Waals surface area contributed by atoms with E-state index in [4.69, 9.17) is 14.2 Å². The SMILES string of the molecule is CCn1cc(-c2cc(C(=O)OC)cc3c2CCN([C@H]2CCOc4ccc(OC)cc42)C3=O)c(C(F)(F)F)n1. The van der Waals surface area contributed by atoms with Crippen molar-refractivity contribution in [2.24, 2.45) is 0 Å². The van der Waals surface area contributed by atoms with Gasteiger partial charge in [0.05, 0.1) is 32.4 Å². The Morgan fingerprint density at radius 2 is 1.92 bits per heavy atom. The summed E-state index contributed by atoms with van der Waals surface area (Å²) in [4.78, 5) is 28.1. The first-order valence-corrected chi connectivity index (χ1v) is 12.2. The predicted molar refractivity (Wildman–Crippen MR) is 130 cm³/mol. The lowest BCUT2D eigenvalue weighted by atomic mass is 9.86. The summed E-state index contributed by atoms with van der Waals surface area (Å²) in [5.74, 6) is 0.130. The molecule has 1 aromatic heterocycles. The Hall–Kier alpha value is -4.02. The van der Waals surface area contributed by atoms with Crippen LogP contribution >= 0.6 is 0 Å². The van der Waals surface area contributed by atoms with E-state index in [1.54, 1.807) is 31.1 Å². The fraction of sp³-hybridized carbons (Fsp3) is 0.370. The highest BCUT2D eigenvalue weighted by Gasteiger charge is 2.40. The molecule has 2 aliphatic rings. The second-order valence-electron chi connectivity index (χ2n) is 9.09. The van der Waals surface area contributed by atoms with Gasteiger partial charge in [-0.3, -0.25) is 9.48 Å². The summed E-state index contributed by atoms with van der Waals surface area (Å²) in [5.41, 5.74) is 0.299. The van der Waals surface area contributed by atoms with Crippen molar-refractivity contribution in [3.63, 3.8) is 0 Å². The number of carbonyl (C=O) groups is 2. The molecule has 11 heteroatoms. The number of amides is 1. The molecule has 200 valence electrons. The minimum atomic E-state index is -4.72. The van der Waals surface area contributed by atoms with Crippen molar-refractivity contribution in [1.29, 1.82) is 0 Å². The number of esters is 1. The summed E-state index contributed by atoms with van der Waals surface area (Å²) >= 11 is 0. The Morgan fingerprint density at radius 3 is 2.61 bits per heavy atom. The van der Waals surface area contributed by atoms with E-state index in [1.165, 1.54) is 30.1 Å². The topological polar surface area (TPSA) is 82.9 Å². The molecule has 0 saturated heterocycles. The Morgan fingerprint density at radius 1 is 1.16 bits per heavy atom. The molecule has 3 heterocycles. The third-order valence-corrected chi connectivity index (χ3v) is 7.01. The van der Waals surface area contributed by atoms with Gasteiger partial charge in [0.1, 0.15) is 11.5 Å². The second-order valence-corrected chi connectivity index (χ2v) is 9.09. The average molecular weight is 530 g/mol. The number of methoxy groups -OCH3 is 2. The number of ether oxygens (including phenoxy) is 3. The molecular weight excluding hydrogens is 503 g/mol. The van der Waals surface area contributed by atoms with Crippen LogP contribution in [0.4, 0.5) is 13.2 Å². The van der Waals surface area contributed by atoms with Crippen molar-refractivity contribution < 1.29 is 37.0 Å². The van der Waals surface area contributed by atoms with Crippen LogP contribution in [0.15, 0.2) is 36.5 Å². The fourth-order valence-corrected chi connectivity index (χ4v) is 5.19. The maximum Gasteiger partial charge on any atom is 0.435 e. The van der Waals surface area contributed by atoms with Gasteiger partial charge < -0.3 is 19.1 Å². The fourth-order valence-electron chi connectivity index (χ4n) is 5.19. The van der Waals surface area contributed by atoms with Crippen LogP contribution in [-0.4, -0.2) is 53.9 Å². The molecule has 1 atom stereocenters. The van der Waals surface area contributed by atoms with Crippen molar-refractivity contribution in [1.82, 2.24) is 14.7 Å². The van der Waals surface area contributed by atoms with Crippen LogP contribution in [0.5, 0.6) is 11.5 Å². The summed E-state index contributed by atoms with van der Waals surface area (Å²) in [6.07, 6.45) is -2.59. The molecule has 0 aliphatic carbocycles. The lowest BCUT2D eigenvalue weighted by molar-refractivity contribution is -0.141. The average Bonchev–Trinajstić information content (AvgIpc) is 3.37. The van der Waals surface area contributed by atoms with Gasteiger partial charge in [-0.05, 0) is 54.8 Å². The van der Waals surface area contributed by atoms with Gasteiger partial charge in [-0.1, -0.05) is 0 Å². The maximum absolute atomic E-state index is 14.0. The minimum absolute atomic E-state index is 0.0112. The summed E-state index contributed by atoms with van der Waals surface area (Å²) < 4.78 is 59.1. The highest BCUT2D eigenvalue weighted by Crippen LogP contribution is 2.43. The summed E-state index contributed by atoms with van der Waals surface area (Å²) in [6.45, 7) is 2.58. The summed E-state index contributed by atoms with van der Waals surface area (Å²) in [7, 11) is 2.73. The maximum atomic E-state index is 14.0. The van der Waals surface area contributed by atoms with Crippen molar-refractivity contribution in [3.8, 4) is 22.6 Å². The van der Waals surface area contributed by atoms with E-state index in [9.17, 15) is 22.8 Å². The van der Waals surface area contributed by atoms with Crippen molar-refractivity contribution in [2.45, 2.75) is 38.5 Å². The van der Waals surface area contributed by atoms with E-state index < -0.39 is 17.8 Å². The molecule has 5 rings (SSSR count). The minimum Gasteiger partial charge on any atom is -0.497 e. The van der Waals surface area contributed by atoms with Gasteiger partial charge in [0, 0.05) is 42.4 Å². The first-order chi connectivity index (χ1) is 18.2. The highest BCUT2D eigenvalue weighted by atomic mass is 19.4. The quantitative estimate of drug-likeness (QED) is 0.437. The molecule has 1 amide bonds. The Labute approximate surface area is 216 Å².